The first-order chi connectivity index (χ1) is 9.88. The SMILES string of the molecule is Cn1ccc(-c2nnc3n2CCNC3C(C)(C)C)cc1=O. The van der Waals surface area contributed by atoms with E-state index in [1.165, 1.54) is 0 Å². The Hall–Kier alpha value is -1.95. The van der Waals surface area contributed by atoms with Crippen molar-refractivity contribution >= 4 is 0 Å². The summed E-state index contributed by atoms with van der Waals surface area (Å²) < 4.78 is 3.68. The molecule has 0 amide bonds. The zero-order chi connectivity index (χ0) is 15.2. The maximum atomic E-state index is 11.8. The lowest BCUT2D eigenvalue weighted by molar-refractivity contribution is 0.234. The predicted molar refractivity (Wildman–Crippen MR) is 80.9 cm³/mol. The second-order valence-corrected chi connectivity index (χ2v) is 6.65. The summed E-state index contributed by atoms with van der Waals surface area (Å²) >= 11 is 0. The van der Waals surface area contributed by atoms with Crippen LogP contribution in [-0.4, -0.2) is 25.9 Å². The van der Waals surface area contributed by atoms with Gasteiger partial charge in [0.15, 0.2) is 11.6 Å². The summed E-state index contributed by atoms with van der Waals surface area (Å²) in [6.45, 7) is 8.26. The minimum Gasteiger partial charge on any atom is -0.319 e. The van der Waals surface area contributed by atoms with Gasteiger partial charge in [-0.15, -0.1) is 10.2 Å². The second-order valence-electron chi connectivity index (χ2n) is 6.65. The molecular formula is C15H21N5O. The fraction of sp³-hybridized carbons (Fsp3) is 0.533. The number of pyridine rings is 1. The highest BCUT2D eigenvalue weighted by atomic mass is 16.1. The van der Waals surface area contributed by atoms with Crippen LogP contribution in [0.5, 0.6) is 0 Å². The van der Waals surface area contributed by atoms with Crippen LogP contribution in [0.25, 0.3) is 11.4 Å². The van der Waals surface area contributed by atoms with Crippen molar-refractivity contribution in [2.24, 2.45) is 12.5 Å². The van der Waals surface area contributed by atoms with E-state index in [2.05, 4.69) is 40.9 Å². The predicted octanol–water partition coefficient (Wildman–Crippen LogP) is 1.33. The van der Waals surface area contributed by atoms with Gasteiger partial charge in [-0.1, -0.05) is 20.8 Å². The third kappa shape index (κ3) is 2.40. The van der Waals surface area contributed by atoms with Gasteiger partial charge in [0.1, 0.15) is 0 Å². The fourth-order valence-corrected chi connectivity index (χ4v) is 2.76. The van der Waals surface area contributed by atoms with Gasteiger partial charge in [0.05, 0.1) is 6.04 Å². The Morgan fingerprint density at radius 1 is 1.33 bits per heavy atom. The first kappa shape index (κ1) is 14.0. The molecule has 6 heteroatoms. The molecule has 6 nitrogen and oxygen atoms in total. The Balaban J connectivity index is 2.09. The van der Waals surface area contributed by atoms with Crippen LogP contribution in [0, 0.1) is 5.41 Å². The van der Waals surface area contributed by atoms with E-state index in [9.17, 15) is 4.79 Å². The maximum Gasteiger partial charge on any atom is 0.250 e. The summed E-state index contributed by atoms with van der Waals surface area (Å²) in [6.07, 6.45) is 1.77. The number of hydrogen-bond donors (Lipinski definition) is 1. The zero-order valence-electron chi connectivity index (χ0n) is 12.9. The summed E-state index contributed by atoms with van der Waals surface area (Å²) in [7, 11) is 1.74. The average molecular weight is 287 g/mol. The van der Waals surface area contributed by atoms with Crippen molar-refractivity contribution in [2.75, 3.05) is 6.54 Å². The molecule has 1 atom stereocenters. The van der Waals surface area contributed by atoms with Gasteiger partial charge >= 0.3 is 0 Å². The van der Waals surface area contributed by atoms with Crippen LogP contribution in [0.3, 0.4) is 0 Å². The zero-order valence-corrected chi connectivity index (χ0v) is 12.9. The van der Waals surface area contributed by atoms with E-state index in [4.69, 9.17) is 0 Å². The van der Waals surface area contributed by atoms with Crippen LogP contribution >= 0.6 is 0 Å². The van der Waals surface area contributed by atoms with Gasteiger partial charge < -0.3 is 14.5 Å². The molecule has 2 aromatic heterocycles. The van der Waals surface area contributed by atoms with Crippen LogP contribution in [0.4, 0.5) is 0 Å². The topological polar surface area (TPSA) is 64.7 Å². The number of nitrogens with one attached hydrogen (secondary N) is 1. The molecule has 21 heavy (non-hydrogen) atoms. The second kappa shape index (κ2) is 4.80. The summed E-state index contributed by atoms with van der Waals surface area (Å²) in [5.74, 6) is 1.72. The molecule has 3 rings (SSSR count). The van der Waals surface area contributed by atoms with E-state index in [0.29, 0.717) is 0 Å². The Labute approximate surface area is 123 Å². The summed E-state index contributed by atoms with van der Waals surface area (Å²) in [4.78, 5) is 11.8. The molecule has 0 bridgehead atoms. The number of fused-ring (bicyclic) bond motifs is 1. The molecule has 0 aromatic carbocycles. The van der Waals surface area contributed by atoms with Gasteiger partial charge in [-0.2, -0.15) is 0 Å². The van der Waals surface area contributed by atoms with E-state index < -0.39 is 0 Å². The van der Waals surface area contributed by atoms with Gasteiger partial charge in [0.25, 0.3) is 5.56 Å². The molecule has 0 saturated carbocycles. The number of rotatable bonds is 1. The molecule has 0 spiro atoms. The maximum absolute atomic E-state index is 11.8. The minimum absolute atomic E-state index is 0.0360. The Bertz CT molecular complexity index is 722. The average Bonchev–Trinajstić information content (AvgIpc) is 2.84. The summed E-state index contributed by atoms with van der Waals surface area (Å²) in [5.41, 5.74) is 0.854. The molecule has 1 aliphatic rings. The van der Waals surface area contributed by atoms with E-state index in [1.807, 2.05) is 6.07 Å². The summed E-state index contributed by atoms with van der Waals surface area (Å²) in [6, 6.07) is 3.69. The highest BCUT2D eigenvalue weighted by Crippen LogP contribution is 2.34. The Kier molecular flexibility index (Phi) is 3.20. The van der Waals surface area contributed by atoms with Crippen LogP contribution in [0.2, 0.25) is 0 Å². The summed E-state index contributed by atoms with van der Waals surface area (Å²) in [5, 5.41) is 12.2. The normalized spacial score (nSPS) is 18.6. The lowest BCUT2D eigenvalue weighted by Crippen LogP contribution is -2.40. The number of hydrogen-bond acceptors (Lipinski definition) is 4. The van der Waals surface area contributed by atoms with Crippen LogP contribution in [0.1, 0.15) is 32.6 Å². The lowest BCUT2D eigenvalue weighted by atomic mass is 9.85. The number of aromatic nitrogens is 4. The van der Waals surface area contributed by atoms with Crippen molar-refractivity contribution in [3.8, 4) is 11.4 Å². The van der Waals surface area contributed by atoms with Gasteiger partial charge in [0.2, 0.25) is 0 Å². The first-order valence-electron chi connectivity index (χ1n) is 7.21. The fourth-order valence-electron chi connectivity index (χ4n) is 2.76. The third-order valence-corrected chi connectivity index (χ3v) is 3.95. The molecule has 3 heterocycles. The van der Waals surface area contributed by atoms with Crippen LogP contribution < -0.4 is 10.9 Å². The van der Waals surface area contributed by atoms with Gasteiger partial charge in [-0.3, -0.25) is 4.79 Å². The van der Waals surface area contributed by atoms with E-state index in [1.54, 1.807) is 23.9 Å². The molecule has 112 valence electrons. The molecule has 0 radical (unpaired) electrons. The number of nitrogens with zero attached hydrogens (tertiary/aromatic N) is 4. The van der Waals surface area contributed by atoms with Crippen molar-refractivity contribution < 1.29 is 0 Å². The largest absolute Gasteiger partial charge is 0.319 e. The first-order valence-corrected chi connectivity index (χ1v) is 7.21. The Morgan fingerprint density at radius 3 is 2.76 bits per heavy atom. The Morgan fingerprint density at radius 2 is 2.10 bits per heavy atom. The highest BCUT2D eigenvalue weighted by molar-refractivity contribution is 5.54. The van der Waals surface area contributed by atoms with E-state index >= 15 is 0 Å². The third-order valence-electron chi connectivity index (χ3n) is 3.95. The molecule has 0 saturated heterocycles. The smallest absolute Gasteiger partial charge is 0.250 e. The molecule has 1 aliphatic heterocycles. The van der Waals surface area contributed by atoms with Gasteiger partial charge in [-0.25, -0.2) is 0 Å². The van der Waals surface area contributed by atoms with Crippen molar-refractivity contribution in [3.05, 3.63) is 34.5 Å². The van der Waals surface area contributed by atoms with Crippen LogP contribution in [0.15, 0.2) is 23.1 Å². The lowest BCUT2D eigenvalue weighted by Gasteiger charge is -2.34. The van der Waals surface area contributed by atoms with Gasteiger partial charge in [-0.05, 0) is 11.5 Å². The quantitative estimate of drug-likeness (QED) is 0.859. The highest BCUT2D eigenvalue weighted by Gasteiger charge is 2.33. The number of aryl methyl sites for hydroxylation is 1. The molecule has 1 N–H and O–H groups in total. The monoisotopic (exact) mass is 287 g/mol. The van der Waals surface area contributed by atoms with Crippen molar-refractivity contribution in [1.29, 1.82) is 0 Å². The van der Waals surface area contributed by atoms with E-state index in [-0.39, 0.29) is 17.0 Å². The van der Waals surface area contributed by atoms with Crippen molar-refractivity contribution in [2.45, 2.75) is 33.4 Å². The molecule has 0 aliphatic carbocycles. The van der Waals surface area contributed by atoms with Crippen molar-refractivity contribution in [3.63, 3.8) is 0 Å². The molecule has 0 fully saturated rings. The van der Waals surface area contributed by atoms with E-state index in [0.717, 1.165) is 30.3 Å². The van der Waals surface area contributed by atoms with Crippen LogP contribution in [-0.2, 0) is 13.6 Å². The standard InChI is InChI=1S/C15H21N5O/c1-15(2,3)12-14-18-17-13(20(14)8-6-16-12)10-5-7-19(4)11(21)9-10/h5,7,9,12,16H,6,8H2,1-4H3. The molecule has 2 aromatic rings. The van der Waals surface area contributed by atoms with Gasteiger partial charge in [0, 0.05) is 38.0 Å². The molecule has 1 unspecified atom stereocenters. The van der Waals surface area contributed by atoms with Crippen molar-refractivity contribution in [1.82, 2.24) is 24.6 Å². The minimum atomic E-state index is -0.0360. The molecular weight excluding hydrogens is 266 g/mol.